The minimum atomic E-state index is -1.41. The predicted molar refractivity (Wildman–Crippen MR) is 193 cm³/mol. The predicted octanol–water partition coefficient (Wildman–Crippen LogP) is 3.23. The molecule has 0 aromatic heterocycles. The van der Waals surface area contributed by atoms with Crippen molar-refractivity contribution in [2.45, 2.75) is 93.0 Å². The van der Waals surface area contributed by atoms with Gasteiger partial charge in [-0.1, -0.05) is 34.6 Å². The molecule has 0 amide bonds. The van der Waals surface area contributed by atoms with Crippen LogP contribution < -0.4 is 0 Å². The standard InChI is InChI=1S/C30H52O12S5/c1-19(43)6-24(32)38-14-29(11-31,15-39-25(33)7-20(2)44)12-37-13-30(16-40-26(34)8-21(3)45,17-41-27(35)9-22(4)46)18-42-28(36)10-23(5)47/h19-23,31,43-47H,6-18H2,1-5H3. The first kappa shape index (κ1) is 46.0. The van der Waals surface area contributed by atoms with E-state index >= 15 is 0 Å². The smallest absolute Gasteiger partial charge is 0.306 e. The van der Waals surface area contributed by atoms with E-state index in [1.807, 2.05) is 0 Å². The zero-order valence-corrected chi connectivity index (χ0v) is 32.2. The van der Waals surface area contributed by atoms with Gasteiger partial charge in [-0.15, -0.1) is 0 Å². The normalized spacial score (nSPS) is 17.1. The Balaban J connectivity index is 6.28. The van der Waals surface area contributed by atoms with Crippen molar-refractivity contribution in [3.63, 3.8) is 0 Å². The van der Waals surface area contributed by atoms with Crippen LogP contribution in [0.4, 0.5) is 0 Å². The zero-order valence-electron chi connectivity index (χ0n) is 27.8. The molecule has 1 N–H and O–H groups in total. The monoisotopic (exact) mass is 764 g/mol. The molecule has 0 radical (unpaired) electrons. The van der Waals surface area contributed by atoms with Gasteiger partial charge in [-0.25, -0.2) is 0 Å². The van der Waals surface area contributed by atoms with Crippen molar-refractivity contribution in [3.8, 4) is 0 Å². The third-order valence-electron chi connectivity index (χ3n) is 6.16. The van der Waals surface area contributed by atoms with Crippen molar-refractivity contribution in [1.29, 1.82) is 0 Å². The highest BCUT2D eigenvalue weighted by atomic mass is 32.1. The minimum absolute atomic E-state index is 0.00560. The van der Waals surface area contributed by atoms with Gasteiger partial charge in [-0.3, -0.25) is 24.0 Å². The topological polar surface area (TPSA) is 161 Å². The van der Waals surface area contributed by atoms with Gasteiger partial charge in [0.15, 0.2) is 0 Å². The fraction of sp³-hybridized carbons (Fsp3) is 0.833. The van der Waals surface area contributed by atoms with E-state index in [0.29, 0.717) is 0 Å². The molecule has 0 saturated carbocycles. The first-order chi connectivity index (χ1) is 21.8. The summed E-state index contributed by atoms with van der Waals surface area (Å²) < 4.78 is 33.3. The summed E-state index contributed by atoms with van der Waals surface area (Å²) in [6.07, 6.45) is -0.0704. The average molecular weight is 765 g/mol. The summed E-state index contributed by atoms with van der Waals surface area (Å²) in [5.74, 6) is -2.96. The molecule has 0 aromatic carbocycles. The quantitative estimate of drug-likeness (QED) is 0.0459. The maximum Gasteiger partial charge on any atom is 0.306 e. The number of rotatable bonds is 25. The molecule has 0 aliphatic rings. The van der Waals surface area contributed by atoms with E-state index in [2.05, 4.69) is 63.1 Å². The third kappa shape index (κ3) is 23.1. The summed E-state index contributed by atoms with van der Waals surface area (Å²) in [5.41, 5.74) is -2.82. The average Bonchev–Trinajstić information content (AvgIpc) is 2.93. The van der Waals surface area contributed by atoms with Crippen molar-refractivity contribution < 1.29 is 57.5 Å². The van der Waals surface area contributed by atoms with E-state index in [-0.39, 0.29) is 105 Å². The molecule has 0 saturated heterocycles. The van der Waals surface area contributed by atoms with Crippen LogP contribution in [0.15, 0.2) is 0 Å². The highest BCUT2D eigenvalue weighted by Gasteiger charge is 2.40. The molecule has 5 atom stereocenters. The molecule has 0 heterocycles. The van der Waals surface area contributed by atoms with Crippen molar-refractivity contribution in [2.24, 2.45) is 10.8 Å². The molecule has 0 aromatic rings. The van der Waals surface area contributed by atoms with E-state index in [1.165, 1.54) is 0 Å². The van der Waals surface area contributed by atoms with Crippen LogP contribution in [0, 0.1) is 10.8 Å². The molecule has 0 spiro atoms. The van der Waals surface area contributed by atoms with Gasteiger partial charge in [-0.2, -0.15) is 63.1 Å². The van der Waals surface area contributed by atoms with Crippen LogP contribution in [0.3, 0.4) is 0 Å². The molecule has 0 rings (SSSR count). The fourth-order valence-corrected chi connectivity index (χ4v) is 4.41. The molecule has 17 heteroatoms. The largest absolute Gasteiger partial charge is 0.465 e. The number of carbonyl (C=O) groups is 5. The van der Waals surface area contributed by atoms with Crippen LogP contribution >= 0.6 is 63.1 Å². The lowest BCUT2D eigenvalue weighted by Gasteiger charge is -2.35. The van der Waals surface area contributed by atoms with Crippen molar-refractivity contribution in [1.82, 2.24) is 0 Å². The lowest BCUT2D eigenvalue weighted by Crippen LogP contribution is -2.47. The second-order valence-electron chi connectivity index (χ2n) is 12.2. The van der Waals surface area contributed by atoms with Crippen LogP contribution in [-0.4, -0.2) is 114 Å². The lowest BCUT2D eigenvalue weighted by molar-refractivity contribution is -0.172. The second kappa shape index (κ2) is 24.2. The van der Waals surface area contributed by atoms with Crippen molar-refractivity contribution in [2.75, 3.05) is 52.9 Å². The maximum atomic E-state index is 12.5. The molecule has 0 bridgehead atoms. The van der Waals surface area contributed by atoms with Crippen LogP contribution in [0.2, 0.25) is 0 Å². The van der Waals surface area contributed by atoms with E-state index in [9.17, 15) is 29.1 Å². The Hall–Kier alpha value is -0.980. The SMILES string of the molecule is CC(S)CC(=O)OCC(CO)(COCC(COC(=O)CC(C)S)(COC(=O)CC(C)S)COC(=O)CC(C)S)COC(=O)CC(C)S. The van der Waals surface area contributed by atoms with E-state index in [1.54, 1.807) is 34.6 Å². The summed E-state index contributed by atoms with van der Waals surface area (Å²) >= 11 is 21.1. The Morgan fingerprint density at radius 1 is 0.447 bits per heavy atom. The lowest BCUT2D eigenvalue weighted by atomic mass is 9.90. The highest BCUT2D eigenvalue weighted by Crippen LogP contribution is 2.26. The summed E-state index contributed by atoms with van der Waals surface area (Å²) in [7, 11) is 0. The first-order valence-electron chi connectivity index (χ1n) is 15.2. The van der Waals surface area contributed by atoms with Crippen LogP contribution in [0.1, 0.15) is 66.7 Å². The summed E-state index contributed by atoms with van der Waals surface area (Å²) in [4.78, 5) is 62.2. The fourth-order valence-electron chi connectivity index (χ4n) is 3.66. The molecule has 274 valence electrons. The number of thiol groups is 5. The molecule has 0 aliphatic carbocycles. The Labute approximate surface area is 305 Å². The second-order valence-corrected chi connectivity index (χ2v) is 16.6. The van der Waals surface area contributed by atoms with Crippen molar-refractivity contribution in [3.05, 3.63) is 0 Å². The number of esters is 5. The van der Waals surface area contributed by atoms with Gasteiger partial charge >= 0.3 is 29.8 Å². The van der Waals surface area contributed by atoms with Crippen LogP contribution in [0.5, 0.6) is 0 Å². The van der Waals surface area contributed by atoms with Gasteiger partial charge in [-0.05, 0) is 0 Å². The first-order valence-corrected chi connectivity index (χ1v) is 17.8. The maximum absolute atomic E-state index is 12.5. The molecule has 0 fully saturated rings. The molecular weight excluding hydrogens is 713 g/mol. The molecule has 12 nitrogen and oxygen atoms in total. The van der Waals surface area contributed by atoms with Gasteiger partial charge in [0.2, 0.25) is 0 Å². The zero-order chi connectivity index (χ0) is 36.2. The third-order valence-corrected chi connectivity index (χ3v) is 7.07. The summed E-state index contributed by atoms with van der Waals surface area (Å²) in [6, 6.07) is 0. The summed E-state index contributed by atoms with van der Waals surface area (Å²) in [5, 5.41) is 8.98. The van der Waals surface area contributed by atoms with Crippen molar-refractivity contribution >= 4 is 93.0 Å². The van der Waals surface area contributed by atoms with Gasteiger partial charge < -0.3 is 33.5 Å². The number of hydrogen-bond acceptors (Lipinski definition) is 17. The number of carbonyl (C=O) groups excluding carboxylic acids is 5. The van der Waals surface area contributed by atoms with E-state index in [0.717, 1.165) is 0 Å². The van der Waals surface area contributed by atoms with E-state index in [4.69, 9.17) is 28.4 Å². The minimum Gasteiger partial charge on any atom is -0.465 e. The summed E-state index contributed by atoms with van der Waals surface area (Å²) in [6.45, 7) is 5.39. The molecule has 47 heavy (non-hydrogen) atoms. The van der Waals surface area contributed by atoms with Crippen LogP contribution in [-0.2, 0) is 52.4 Å². The highest BCUT2D eigenvalue weighted by molar-refractivity contribution is 7.81. The van der Waals surface area contributed by atoms with Gasteiger partial charge in [0.1, 0.15) is 33.0 Å². The number of ether oxygens (including phenoxy) is 6. The Bertz CT molecular complexity index is 884. The number of aliphatic hydroxyl groups is 1. The van der Waals surface area contributed by atoms with E-state index < -0.39 is 47.3 Å². The number of aliphatic hydroxyl groups excluding tert-OH is 1. The Morgan fingerprint density at radius 3 is 0.872 bits per heavy atom. The van der Waals surface area contributed by atoms with Gasteiger partial charge in [0.05, 0.1) is 62.8 Å². The Kier molecular flexibility index (Phi) is 23.7. The van der Waals surface area contributed by atoms with Crippen LogP contribution in [0.25, 0.3) is 0 Å². The number of hydrogen-bond donors (Lipinski definition) is 6. The molecular formula is C30H52O12S5. The molecule has 5 unspecified atom stereocenters. The van der Waals surface area contributed by atoms with Gasteiger partial charge in [0.25, 0.3) is 0 Å². The van der Waals surface area contributed by atoms with Gasteiger partial charge in [0, 0.05) is 26.2 Å². The Morgan fingerprint density at radius 2 is 0.660 bits per heavy atom. The molecule has 0 aliphatic heterocycles.